The van der Waals surface area contributed by atoms with E-state index in [4.69, 9.17) is 9.41 Å². The molecule has 7 nitrogen and oxygen atoms in total. The Kier molecular flexibility index (Phi) is 5.69. The molecule has 168 valence electrons. The van der Waals surface area contributed by atoms with Crippen molar-refractivity contribution >= 4 is 23.5 Å². The second-order valence-corrected chi connectivity index (χ2v) is 8.40. The predicted molar refractivity (Wildman–Crippen MR) is 126 cm³/mol. The summed E-state index contributed by atoms with van der Waals surface area (Å²) in [4.78, 5) is 36.6. The van der Waals surface area contributed by atoms with E-state index in [0.717, 1.165) is 16.8 Å². The summed E-state index contributed by atoms with van der Waals surface area (Å²) in [6.07, 6.45) is 2.07. The minimum Gasteiger partial charge on any atom is -0.459 e. The molecule has 1 atom stereocenters. The first-order valence-corrected chi connectivity index (χ1v) is 11.2. The van der Waals surface area contributed by atoms with Gasteiger partial charge in [-0.25, -0.2) is 9.89 Å². The van der Waals surface area contributed by atoms with Crippen LogP contribution in [0, 0.1) is 6.92 Å². The molecule has 0 bridgehead atoms. The zero-order valence-electron chi connectivity index (χ0n) is 18.6. The number of aryl methyl sites for hydroxylation is 1. The summed E-state index contributed by atoms with van der Waals surface area (Å²) in [5.74, 6) is 0.879. The summed E-state index contributed by atoms with van der Waals surface area (Å²) in [5.41, 5.74) is 3.03. The first-order valence-electron chi connectivity index (χ1n) is 11.2. The van der Waals surface area contributed by atoms with Gasteiger partial charge in [0.05, 0.1) is 12.0 Å². The lowest BCUT2D eigenvalue weighted by molar-refractivity contribution is -0.118. The molecular formula is C26H26N4O3. The van der Waals surface area contributed by atoms with Gasteiger partial charge < -0.3 is 14.2 Å². The highest BCUT2D eigenvalue weighted by Crippen LogP contribution is 2.26. The largest absolute Gasteiger partial charge is 0.459 e. The molecule has 3 aromatic rings. The topological polar surface area (TPSA) is 69.4 Å². The van der Waals surface area contributed by atoms with E-state index in [1.165, 1.54) is 6.26 Å². The summed E-state index contributed by atoms with van der Waals surface area (Å²) in [7, 11) is 0. The minimum absolute atomic E-state index is 0.0215. The quantitative estimate of drug-likeness (QED) is 0.621. The van der Waals surface area contributed by atoms with Crippen molar-refractivity contribution in [1.29, 1.82) is 0 Å². The molecule has 7 heteroatoms. The van der Waals surface area contributed by atoms with Gasteiger partial charge in [-0.3, -0.25) is 9.59 Å². The molecule has 1 fully saturated rings. The van der Waals surface area contributed by atoms with Crippen LogP contribution in [-0.2, 0) is 11.2 Å². The summed E-state index contributed by atoms with van der Waals surface area (Å²) >= 11 is 0. The number of amides is 2. The van der Waals surface area contributed by atoms with Gasteiger partial charge in [-0.05, 0) is 36.8 Å². The second kappa shape index (κ2) is 8.94. The first kappa shape index (κ1) is 21.0. The molecule has 1 saturated heterocycles. The molecule has 1 unspecified atom stereocenters. The van der Waals surface area contributed by atoms with Crippen LogP contribution in [0.25, 0.3) is 0 Å². The predicted octanol–water partition coefficient (Wildman–Crippen LogP) is 3.36. The summed E-state index contributed by atoms with van der Waals surface area (Å²) in [6, 6.07) is 20.8. The van der Waals surface area contributed by atoms with Crippen LogP contribution in [0.15, 0.2) is 82.4 Å². The van der Waals surface area contributed by atoms with Crippen LogP contribution in [0.5, 0.6) is 0 Å². The van der Waals surface area contributed by atoms with Gasteiger partial charge in [0.15, 0.2) is 5.76 Å². The molecule has 0 radical (unpaired) electrons. The van der Waals surface area contributed by atoms with Crippen LogP contribution >= 0.6 is 0 Å². The lowest BCUT2D eigenvalue weighted by Gasteiger charge is -2.37. The van der Waals surface area contributed by atoms with E-state index in [-0.39, 0.29) is 11.8 Å². The Balaban J connectivity index is 1.37. The highest BCUT2D eigenvalue weighted by Gasteiger charge is 2.39. The van der Waals surface area contributed by atoms with Crippen LogP contribution in [0.1, 0.15) is 21.7 Å². The summed E-state index contributed by atoms with van der Waals surface area (Å²) in [5, 5.41) is 0. The maximum absolute atomic E-state index is 13.5. The van der Waals surface area contributed by atoms with Crippen LogP contribution in [0.2, 0.25) is 0 Å². The number of aliphatic imine (C=N–C) groups is 1. The first-order chi connectivity index (χ1) is 16.1. The van der Waals surface area contributed by atoms with E-state index in [1.807, 2.05) is 61.5 Å². The molecule has 0 aliphatic carbocycles. The second-order valence-electron chi connectivity index (χ2n) is 8.40. The Morgan fingerprint density at radius 3 is 2.36 bits per heavy atom. The SMILES string of the molecule is Cc1ccc(N2C(=O)C(Cc3ccccc3)N=C2N2CCN(C(=O)c3ccco3)CC2)cc1. The number of piperazine rings is 1. The zero-order valence-corrected chi connectivity index (χ0v) is 18.6. The van der Waals surface area contributed by atoms with Crippen molar-refractivity contribution in [2.75, 3.05) is 31.1 Å². The highest BCUT2D eigenvalue weighted by molar-refractivity contribution is 6.22. The molecule has 0 saturated carbocycles. The van der Waals surface area contributed by atoms with Gasteiger partial charge >= 0.3 is 0 Å². The number of benzene rings is 2. The number of rotatable bonds is 4. The average molecular weight is 443 g/mol. The van der Waals surface area contributed by atoms with E-state index in [2.05, 4.69) is 4.90 Å². The normalized spacial score (nSPS) is 18.6. The standard InChI is InChI=1S/C26H26N4O3/c1-19-9-11-21(12-10-19)30-24(31)22(18-20-6-3-2-4-7-20)27-26(30)29-15-13-28(14-16-29)25(32)23-8-5-17-33-23/h2-12,17,22H,13-16,18H2,1H3. The van der Waals surface area contributed by atoms with Crippen LogP contribution < -0.4 is 4.90 Å². The fourth-order valence-electron chi connectivity index (χ4n) is 4.30. The molecule has 5 rings (SSSR count). The van der Waals surface area contributed by atoms with Gasteiger partial charge in [0, 0.05) is 32.6 Å². The monoisotopic (exact) mass is 442 g/mol. The highest BCUT2D eigenvalue weighted by atomic mass is 16.3. The molecule has 1 aromatic heterocycles. The van der Waals surface area contributed by atoms with Crippen molar-refractivity contribution in [2.24, 2.45) is 4.99 Å². The van der Waals surface area contributed by atoms with Gasteiger partial charge in [-0.2, -0.15) is 0 Å². The summed E-state index contributed by atoms with van der Waals surface area (Å²) < 4.78 is 5.26. The molecule has 33 heavy (non-hydrogen) atoms. The Bertz CT molecular complexity index is 1150. The molecule has 2 aromatic carbocycles. The zero-order chi connectivity index (χ0) is 22.8. The van der Waals surface area contributed by atoms with E-state index >= 15 is 0 Å². The number of hydrogen-bond donors (Lipinski definition) is 0. The average Bonchev–Trinajstić information content (AvgIpc) is 3.49. The number of carbonyl (C=O) groups is 2. The number of nitrogens with zero attached hydrogens (tertiary/aromatic N) is 4. The molecule has 0 N–H and O–H groups in total. The molecule has 0 spiro atoms. The molecule has 2 aliphatic rings. The van der Waals surface area contributed by atoms with Gasteiger partial charge in [0.2, 0.25) is 5.96 Å². The van der Waals surface area contributed by atoms with Gasteiger partial charge in [-0.15, -0.1) is 0 Å². The lowest BCUT2D eigenvalue weighted by Crippen LogP contribution is -2.54. The van der Waals surface area contributed by atoms with E-state index < -0.39 is 6.04 Å². The molecule has 2 aliphatic heterocycles. The Labute approximate surface area is 192 Å². The molecule has 2 amide bonds. The fraction of sp³-hybridized carbons (Fsp3) is 0.269. The van der Waals surface area contributed by atoms with E-state index in [1.54, 1.807) is 21.9 Å². The van der Waals surface area contributed by atoms with Crippen molar-refractivity contribution in [3.8, 4) is 0 Å². The van der Waals surface area contributed by atoms with E-state index in [9.17, 15) is 9.59 Å². The minimum atomic E-state index is -0.466. The Morgan fingerprint density at radius 2 is 1.70 bits per heavy atom. The van der Waals surface area contributed by atoms with Gasteiger partial charge in [-0.1, -0.05) is 48.0 Å². The van der Waals surface area contributed by atoms with Crippen LogP contribution in [-0.4, -0.2) is 59.8 Å². The molecular weight excluding hydrogens is 416 g/mol. The number of hydrogen-bond acceptors (Lipinski definition) is 5. The van der Waals surface area contributed by atoms with Crippen LogP contribution in [0.3, 0.4) is 0 Å². The van der Waals surface area contributed by atoms with Gasteiger partial charge in [0.1, 0.15) is 6.04 Å². The Morgan fingerprint density at radius 1 is 0.970 bits per heavy atom. The van der Waals surface area contributed by atoms with Crippen molar-refractivity contribution in [3.05, 3.63) is 89.9 Å². The third kappa shape index (κ3) is 4.26. The number of carbonyl (C=O) groups excluding carboxylic acids is 2. The van der Waals surface area contributed by atoms with Crippen molar-refractivity contribution in [3.63, 3.8) is 0 Å². The summed E-state index contributed by atoms with van der Waals surface area (Å²) in [6.45, 7) is 4.30. The number of guanidine groups is 1. The van der Waals surface area contributed by atoms with Crippen molar-refractivity contribution in [1.82, 2.24) is 9.80 Å². The van der Waals surface area contributed by atoms with E-state index in [0.29, 0.717) is 44.3 Å². The third-order valence-electron chi connectivity index (χ3n) is 6.12. The third-order valence-corrected chi connectivity index (χ3v) is 6.12. The smallest absolute Gasteiger partial charge is 0.289 e. The number of anilines is 1. The maximum Gasteiger partial charge on any atom is 0.289 e. The van der Waals surface area contributed by atoms with Crippen LogP contribution in [0.4, 0.5) is 5.69 Å². The van der Waals surface area contributed by atoms with Crippen molar-refractivity contribution < 1.29 is 14.0 Å². The lowest BCUT2D eigenvalue weighted by atomic mass is 10.1. The molecule has 3 heterocycles. The fourth-order valence-corrected chi connectivity index (χ4v) is 4.30. The van der Waals surface area contributed by atoms with Crippen molar-refractivity contribution in [2.45, 2.75) is 19.4 Å². The van der Waals surface area contributed by atoms with Gasteiger partial charge in [0.25, 0.3) is 11.8 Å². The Hall–Kier alpha value is -3.87. The maximum atomic E-state index is 13.5. The number of furan rings is 1.